The zero-order valence-corrected chi connectivity index (χ0v) is 13.9. The molecule has 0 bridgehead atoms. The number of benzene rings is 1. The van der Waals surface area contributed by atoms with Crippen LogP contribution >= 0.6 is 0 Å². The standard InChI is InChI=1S/C18H20F2N4O/c1-24(12-8-10-21-11-9-12)16-7-3-6-15(22-16)23-18(25)17-13(19)4-2-5-14(17)20/h2-7,12,21H,8-11H2,1H3,(H,22,23,25). The molecule has 2 heterocycles. The summed E-state index contributed by atoms with van der Waals surface area (Å²) in [5.74, 6) is -1.70. The molecule has 1 saturated heterocycles. The summed E-state index contributed by atoms with van der Waals surface area (Å²) >= 11 is 0. The Morgan fingerprint density at radius 1 is 1.16 bits per heavy atom. The van der Waals surface area contributed by atoms with Gasteiger partial charge in [0.25, 0.3) is 5.91 Å². The van der Waals surface area contributed by atoms with Crippen molar-refractivity contribution in [3.05, 3.63) is 53.6 Å². The van der Waals surface area contributed by atoms with Crippen molar-refractivity contribution in [1.82, 2.24) is 10.3 Å². The van der Waals surface area contributed by atoms with Crippen LogP contribution in [-0.4, -0.2) is 37.1 Å². The van der Waals surface area contributed by atoms with Crippen LogP contribution in [-0.2, 0) is 0 Å². The van der Waals surface area contributed by atoms with E-state index in [1.54, 1.807) is 12.1 Å². The van der Waals surface area contributed by atoms with Crippen LogP contribution in [0.25, 0.3) is 0 Å². The quantitative estimate of drug-likeness (QED) is 0.894. The van der Waals surface area contributed by atoms with E-state index < -0.39 is 23.1 Å². The van der Waals surface area contributed by atoms with Crippen LogP contribution in [0.2, 0.25) is 0 Å². The smallest absolute Gasteiger partial charge is 0.262 e. The lowest BCUT2D eigenvalue weighted by atomic mass is 10.1. The Kier molecular flexibility index (Phi) is 5.23. The molecule has 0 aliphatic carbocycles. The second-order valence-corrected chi connectivity index (χ2v) is 6.02. The molecule has 1 aromatic carbocycles. The number of carbonyl (C=O) groups excluding carboxylic acids is 1. The van der Waals surface area contributed by atoms with E-state index in [4.69, 9.17) is 0 Å². The molecule has 0 radical (unpaired) electrons. The van der Waals surface area contributed by atoms with Crippen molar-refractivity contribution >= 4 is 17.5 Å². The first-order valence-electron chi connectivity index (χ1n) is 8.22. The summed E-state index contributed by atoms with van der Waals surface area (Å²) in [6.07, 6.45) is 2.02. The van der Waals surface area contributed by atoms with Gasteiger partial charge in [-0.2, -0.15) is 0 Å². The van der Waals surface area contributed by atoms with Crippen molar-refractivity contribution in [2.45, 2.75) is 18.9 Å². The first-order valence-corrected chi connectivity index (χ1v) is 8.22. The van der Waals surface area contributed by atoms with Crippen LogP contribution in [0.1, 0.15) is 23.2 Å². The molecular formula is C18H20F2N4O. The Balaban J connectivity index is 1.76. The van der Waals surface area contributed by atoms with Crippen LogP contribution in [0.15, 0.2) is 36.4 Å². The molecule has 0 unspecified atom stereocenters. The van der Waals surface area contributed by atoms with Gasteiger partial charge in [-0.1, -0.05) is 12.1 Å². The highest BCUT2D eigenvalue weighted by atomic mass is 19.1. The molecule has 7 heteroatoms. The molecule has 0 saturated carbocycles. The molecule has 3 rings (SSSR count). The van der Waals surface area contributed by atoms with Gasteiger partial charge in [0.05, 0.1) is 0 Å². The number of hydrogen-bond donors (Lipinski definition) is 2. The lowest BCUT2D eigenvalue weighted by molar-refractivity contribution is 0.101. The average Bonchev–Trinajstić information content (AvgIpc) is 2.62. The molecule has 1 aliphatic rings. The van der Waals surface area contributed by atoms with Crippen LogP contribution in [0.5, 0.6) is 0 Å². The maximum atomic E-state index is 13.7. The van der Waals surface area contributed by atoms with Gasteiger partial charge in [0.2, 0.25) is 0 Å². The highest BCUT2D eigenvalue weighted by Gasteiger charge is 2.20. The largest absolute Gasteiger partial charge is 0.357 e. The Hall–Kier alpha value is -2.54. The van der Waals surface area contributed by atoms with Gasteiger partial charge in [0.1, 0.15) is 28.8 Å². The Bertz CT molecular complexity index is 742. The van der Waals surface area contributed by atoms with Crippen molar-refractivity contribution in [3.8, 4) is 0 Å². The Labute approximate surface area is 145 Å². The summed E-state index contributed by atoms with van der Waals surface area (Å²) in [7, 11) is 1.96. The molecule has 1 aliphatic heterocycles. The number of carbonyl (C=O) groups is 1. The fourth-order valence-corrected chi connectivity index (χ4v) is 2.96. The van der Waals surface area contributed by atoms with Crippen LogP contribution in [0, 0.1) is 11.6 Å². The summed E-state index contributed by atoms with van der Waals surface area (Å²) < 4.78 is 27.4. The van der Waals surface area contributed by atoms with Crippen LogP contribution in [0.3, 0.4) is 0 Å². The summed E-state index contributed by atoms with van der Waals surface area (Å²) in [6, 6.07) is 8.88. The summed E-state index contributed by atoms with van der Waals surface area (Å²) in [5.41, 5.74) is -0.610. The van der Waals surface area contributed by atoms with Crippen molar-refractivity contribution in [2.24, 2.45) is 0 Å². The lowest BCUT2D eigenvalue weighted by Gasteiger charge is -2.32. The number of rotatable bonds is 4. The van der Waals surface area contributed by atoms with Crippen LogP contribution in [0.4, 0.5) is 20.4 Å². The van der Waals surface area contributed by atoms with Gasteiger partial charge in [-0.05, 0) is 50.2 Å². The van der Waals surface area contributed by atoms with E-state index in [1.807, 2.05) is 13.1 Å². The molecular weight excluding hydrogens is 326 g/mol. The van der Waals surface area contributed by atoms with E-state index in [2.05, 4.69) is 20.5 Å². The maximum Gasteiger partial charge on any atom is 0.262 e. The number of halogens is 2. The number of nitrogens with zero attached hydrogens (tertiary/aromatic N) is 2. The normalized spacial score (nSPS) is 15.0. The van der Waals surface area contributed by atoms with Gasteiger partial charge in [-0.3, -0.25) is 4.79 Å². The predicted molar refractivity (Wildman–Crippen MR) is 92.8 cm³/mol. The van der Waals surface area contributed by atoms with Gasteiger partial charge in [-0.15, -0.1) is 0 Å². The van der Waals surface area contributed by atoms with E-state index in [9.17, 15) is 13.6 Å². The van der Waals surface area contributed by atoms with Crippen LogP contribution < -0.4 is 15.5 Å². The van der Waals surface area contributed by atoms with E-state index in [-0.39, 0.29) is 5.82 Å². The lowest BCUT2D eigenvalue weighted by Crippen LogP contribution is -2.41. The molecule has 2 N–H and O–H groups in total. The molecule has 1 fully saturated rings. The first kappa shape index (κ1) is 17.3. The third-order valence-corrected chi connectivity index (χ3v) is 4.38. The highest BCUT2D eigenvalue weighted by Crippen LogP contribution is 2.20. The fraction of sp³-hybridized carbons (Fsp3) is 0.333. The number of aromatic nitrogens is 1. The number of piperidine rings is 1. The van der Waals surface area contributed by atoms with E-state index >= 15 is 0 Å². The molecule has 25 heavy (non-hydrogen) atoms. The Morgan fingerprint density at radius 3 is 2.48 bits per heavy atom. The third kappa shape index (κ3) is 3.93. The number of hydrogen-bond acceptors (Lipinski definition) is 4. The van der Waals surface area contributed by atoms with E-state index in [1.165, 1.54) is 6.07 Å². The molecule has 5 nitrogen and oxygen atoms in total. The zero-order chi connectivity index (χ0) is 17.8. The molecule has 0 atom stereocenters. The van der Waals surface area contributed by atoms with E-state index in [0.29, 0.717) is 11.9 Å². The molecule has 1 amide bonds. The number of anilines is 2. The first-order chi connectivity index (χ1) is 12.1. The van der Waals surface area contributed by atoms with Gasteiger partial charge in [0.15, 0.2) is 0 Å². The minimum absolute atomic E-state index is 0.255. The average molecular weight is 346 g/mol. The van der Waals surface area contributed by atoms with Gasteiger partial charge in [0, 0.05) is 13.1 Å². The summed E-state index contributed by atoms with van der Waals surface area (Å²) in [6.45, 7) is 1.91. The van der Waals surface area contributed by atoms with Gasteiger partial charge in [-0.25, -0.2) is 13.8 Å². The summed E-state index contributed by atoms with van der Waals surface area (Å²) in [4.78, 5) is 18.7. The third-order valence-electron chi connectivity index (χ3n) is 4.38. The Morgan fingerprint density at radius 2 is 1.80 bits per heavy atom. The van der Waals surface area contributed by atoms with Gasteiger partial charge < -0.3 is 15.5 Å². The minimum Gasteiger partial charge on any atom is -0.357 e. The monoisotopic (exact) mass is 346 g/mol. The zero-order valence-electron chi connectivity index (χ0n) is 13.9. The fourth-order valence-electron chi connectivity index (χ4n) is 2.96. The number of nitrogens with one attached hydrogen (secondary N) is 2. The van der Waals surface area contributed by atoms with Crippen molar-refractivity contribution in [2.75, 3.05) is 30.4 Å². The van der Waals surface area contributed by atoms with E-state index in [0.717, 1.165) is 38.1 Å². The minimum atomic E-state index is -0.902. The molecule has 0 spiro atoms. The second-order valence-electron chi connectivity index (χ2n) is 6.02. The highest BCUT2D eigenvalue weighted by molar-refractivity contribution is 6.04. The number of pyridine rings is 1. The second kappa shape index (κ2) is 7.57. The SMILES string of the molecule is CN(c1cccc(NC(=O)c2c(F)cccc2F)n1)C1CCNCC1. The molecule has 132 valence electrons. The van der Waals surface area contributed by atoms with Crippen molar-refractivity contribution < 1.29 is 13.6 Å². The topological polar surface area (TPSA) is 57.3 Å². The molecule has 1 aromatic heterocycles. The maximum absolute atomic E-state index is 13.7. The predicted octanol–water partition coefficient (Wildman–Crippen LogP) is 2.80. The van der Waals surface area contributed by atoms with Crippen molar-refractivity contribution in [3.63, 3.8) is 0 Å². The number of amides is 1. The van der Waals surface area contributed by atoms with Crippen molar-refractivity contribution in [1.29, 1.82) is 0 Å². The molecule has 2 aromatic rings. The summed E-state index contributed by atoms with van der Waals surface area (Å²) in [5, 5.41) is 5.78. The van der Waals surface area contributed by atoms with Gasteiger partial charge >= 0.3 is 0 Å².